The highest BCUT2D eigenvalue weighted by Crippen LogP contribution is 1.88. The molecule has 0 heterocycles. The molecule has 0 bridgehead atoms. The van der Waals surface area contributed by atoms with Gasteiger partial charge in [-0.2, -0.15) is 5.06 Å². The first-order valence-electron chi connectivity index (χ1n) is 2.59. The molecule has 0 aromatic rings. The summed E-state index contributed by atoms with van der Waals surface area (Å²) in [6.07, 6.45) is 0. The van der Waals surface area contributed by atoms with Crippen molar-refractivity contribution in [2.45, 2.75) is 6.92 Å². The maximum absolute atomic E-state index is 10.4. The highest BCUT2D eigenvalue weighted by Gasteiger charge is 2.07. The number of carbonyl (C=O) groups excluding carboxylic acids is 2. The molecule has 10 heavy (non-hydrogen) atoms. The fraction of sp³-hybridized carbons (Fsp3) is 0.600. The SMILES string of the molecule is CC(=O)N(C)OC(=O)CCl. The molecule has 0 N–H and O–H groups in total. The Morgan fingerprint density at radius 1 is 1.60 bits per heavy atom. The summed E-state index contributed by atoms with van der Waals surface area (Å²) >= 11 is 5.09. The molecule has 0 radical (unpaired) electrons. The largest absolute Gasteiger partial charge is 0.347 e. The molecule has 0 saturated heterocycles. The van der Waals surface area contributed by atoms with Crippen LogP contribution in [0.1, 0.15) is 6.92 Å². The van der Waals surface area contributed by atoms with Crippen LogP contribution in [0.3, 0.4) is 0 Å². The van der Waals surface area contributed by atoms with Gasteiger partial charge in [0.2, 0.25) is 0 Å². The van der Waals surface area contributed by atoms with E-state index in [9.17, 15) is 9.59 Å². The van der Waals surface area contributed by atoms with Gasteiger partial charge in [-0.15, -0.1) is 11.6 Å². The van der Waals surface area contributed by atoms with Crippen LogP contribution in [-0.2, 0) is 14.4 Å². The van der Waals surface area contributed by atoms with Gasteiger partial charge in [-0.3, -0.25) is 4.79 Å². The van der Waals surface area contributed by atoms with Crippen LogP contribution in [0.4, 0.5) is 0 Å². The lowest BCUT2D eigenvalue weighted by Gasteiger charge is -2.11. The Morgan fingerprint density at radius 3 is 2.40 bits per heavy atom. The van der Waals surface area contributed by atoms with Crippen LogP contribution in [-0.4, -0.2) is 29.9 Å². The van der Waals surface area contributed by atoms with Gasteiger partial charge in [-0.25, -0.2) is 4.79 Å². The van der Waals surface area contributed by atoms with Crippen LogP contribution in [0.2, 0.25) is 0 Å². The van der Waals surface area contributed by atoms with Crippen molar-refractivity contribution in [2.24, 2.45) is 0 Å². The quantitative estimate of drug-likeness (QED) is 0.411. The fourth-order valence-corrected chi connectivity index (χ4v) is 0.290. The first-order chi connectivity index (χ1) is 4.57. The van der Waals surface area contributed by atoms with E-state index in [1.54, 1.807) is 0 Å². The van der Waals surface area contributed by atoms with Gasteiger partial charge in [0.15, 0.2) is 0 Å². The van der Waals surface area contributed by atoms with Crippen LogP contribution < -0.4 is 0 Å². The third-order valence-corrected chi connectivity index (χ3v) is 1.01. The Kier molecular flexibility index (Phi) is 3.79. The maximum Gasteiger partial charge on any atom is 0.347 e. The molecule has 0 fully saturated rings. The van der Waals surface area contributed by atoms with Crippen LogP contribution in [0, 0.1) is 0 Å². The topological polar surface area (TPSA) is 46.6 Å². The lowest BCUT2D eigenvalue weighted by molar-refractivity contribution is -0.188. The summed E-state index contributed by atoms with van der Waals surface area (Å²) in [6, 6.07) is 0. The lowest BCUT2D eigenvalue weighted by atomic mass is 10.7. The number of carbonyl (C=O) groups is 2. The second kappa shape index (κ2) is 4.11. The molecular weight excluding hydrogens is 158 g/mol. The summed E-state index contributed by atoms with van der Waals surface area (Å²) in [7, 11) is 1.34. The van der Waals surface area contributed by atoms with Crippen molar-refractivity contribution >= 4 is 23.5 Å². The molecule has 58 valence electrons. The predicted molar refractivity (Wildman–Crippen MR) is 35.3 cm³/mol. The summed E-state index contributed by atoms with van der Waals surface area (Å²) in [4.78, 5) is 25.2. The molecule has 0 spiro atoms. The average Bonchev–Trinajstić information content (AvgIpc) is 1.87. The minimum atomic E-state index is -0.639. The second-order valence-corrected chi connectivity index (χ2v) is 1.88. The lowest BCUT2D eigenvalue weighted by Crippen LogP contribution is -2.27. The van der Waals surface area contributed by atoms with E-state index < -0.39 is 5.97 Å². The summed E-state index contributed by atoms with van der Waals surface area (Å²) in [6.45, 7) is 1.28. The van der Waals surface area contributed by atoms with Crippen molar-refractivity contribution in [3.63, 3.8) is 0 Å². The number of alkyl halides is 1. The molecule has 0 aliphatic heterocycles. The zero-order valence-corrected chi connectivity index (χ0v) is 6.51. The summed E-state index contributed by atoms with van der Waals surface area (Å²) in [5.74, 6) is -1.24. The van der Waals surface area contributed by atoms with E-state index in [1.807, 2.05) is 0 Å². The van der Waals surface area contributed by atoms with Gasteiger partial charge >= 0.3 is 5.97 Å². The van der Waals surface area contributed by atoms with Crippen molar-refractivity contribution in [2.75, 3.05) is 12.9 Å². The van der Waals surface area contributed by atoms with Gasteiger partial charge in [0, 0.05) is 14.0 Å². The predicted octanol–water partition coefficient (Wildman–Crippen LogP) is 0.162. The highest BCUT2D eigenvalue weighted by atomic mass is 35.5. The van der Waals surface area contributed by atoms with Gasteiger partial charge in [0.1, 0.15) is 5.88 Å². The van der Waals surface area contributed by atoms with Gasteiger partial charge in [0.05, 0.1) is 0 Å². The standard InChI is InChI=1S/C5H8ClNO3/c1-4(8)7(2)10-5(9)3-6/h3H2,1-2H3. The first kappa shape index (κ1) is 9.23. The molecular formula is C5H8ClNO3. The molecule has 4 nitrogen and oxygen atoms in total. The van der Waals surface area contributed by atoms with Crippen molar-refractivity contribution in [1.82, 2.24) is 5.06 Å². The first-order valence-corrected chi connectivity index (χ1v) is 3.12. The van der Waals surface area contributed by atoms with E-state index in [4.69, 9.17) is 11.6 Å². The van der Waals surface area contributed by atoms with E-state index in [0.717, 1.165) is 5.06 Å². The van der Waals surface area contributed by atoms with Crippen molar-refractivity contribution < 1.29 is 14.4 Å². The fourth-order valence-electron chi connectivity index (χ4n) is 0.241. The van der Waals surface area contributed by atoms with Crippen LogP contribution in [0.25, 0.3) is 0 Å². The van der Waals surface area contributed by atoms with Crippen LogP contribution in [0.5, 0.6) is 0 Å². The Bertz CT molecular complexity index is 148. The Balaban J connectivity index is 3.68. The van der Waals surface area contributed by atoms with Gasteiger partial charge in [-0.05, 0) is 0 Å². The maximum atomic E-state index is 10.4. The zero-order valence-electron chi connectivity index (χ0n) is 5.76. The third kappa shape index (κ3) is 3.29. The van der Waals surface area contributed by atoms with E-state index in [-0.39, 0.29) is 11.8 Å². The van der Waals surface area contributed by atoms with Gasteiger partial charge < -0.3 is 4.84 Å². The van der Waals surface area contributed by atoms with E-state index in [2.05, 4.69) is 4.84 Å². The third-order valence-electron chi connectivity index (χ3n) is 0.791. The molecule has 0 aliphatic rings. The number of hydrogen-bond donors (Lipinski definition) is 0. The van der Waals surface area contributed by atoms with Gasteiger partial charge in [0.25, 0.3) is 5.91 Å². The minimum absolute atomic E-state index is 0.252. The Hall–Kier alpha value is -0.770. The van der Waals surface area contributed by atoms with E-state index in [1.165, 1.54) is 14.0 Å². The Labute approximate surface area is 63.7 Å². The molecule has 5 heteroatoms. The van der Waals surface area contributed by atoms with Crippen LogP contribution >= 0.6 is 11.6 Å². The summed E-state index contributed by atoms with van der Waals surface area (Å²) < 4.78 is 0. The summed E-state index contributed by atoms with van der Waals surface area (Å²) in [5, 5.41) is 0.824. The molecule has 0 aliphatic carbocycles. The smallest absolute Gasteiger partial charge is 0.337 e. The molecule has 0 atom stereocenters. The summed E-state index contributed by atoms with van der Waals surface area (Å²) in [5.41, 5.74) is 0. The average molecular weight is 166 g/mol. The number of hydroxylamine groups is 2. The monoisotopic (exact) mass is 165 g/mol. The van der Waals surface area contributed by atoms with E-state index in [0.29, 0.717) is 0 Å². The normalized spacial score (nSPS) is 8.70. The van der Waals surface area contributed by atoms with Crippen molar-refractivity contribution in [3.8, 4) is 0 Å². The van der Waals surface area contributed by atoms with Gasteiger partial charge in [-0.1, -0.05) is 0 Å². The Morgan fingerprint density at radius 2 is 2.10 bits per heavy atom. The van der Waals surface area contributed by atoms with Crippen molar-refractivity contribution in [3.05, 3.63) is 0 Å². The number of nitrogens with zero attached hydrogens (tertiary/aromatic N) is 1. The molecule has 0 aromatic heterocycles. The second-order valence-electron chi connectivity index (χ2n) is 1.61. The number of rotatable bonds is 1. The molecule has 0 saturated carbocycles. The zero-order chi connectivity index (χ0) is 8.15. The van der Waals surface area contributed by atoms with Crippen molar-refractivity contribution in [1.29, 1.82) is 0 Å². The molecule has 1 amide bonds. The highest BCUT2D eigenvalue weighted by molar-refractivity contribution is 6.26. The minimum Gasteiger partial charge on any atom is -0.337 e. The number of halogens is 1. The molecule has 0 aromatic carbocycles. The number of hydrogen-bond acceptors (Lipinski definition) is 3. The van der Waals surface area contributed by atoms with E-state index >= 15 is 0 Å². The van der Waals surface area contributed by atoms with Crippen LogP contribution in [0.15, 0.2) is 0 Å². The number of amides is 1. The molecule has 0 unspecified atom stereocenters. The molecule has 0 rings (SSSR count).